The zero-order chi connectivity index (χ0) is 18.6. The van der Waals surface area contributed by atoms with Gasteiger partial charge in [0.15, 0.2) is 5.65 Å². The highest BCUT2D eigenvalue weighted by Gasteiger charge is 2.09. The quantitative estimate of drug-likeness (QED) is 0.592. The number of carbonyl (C=O) groups excluding carboxylic acids is 1. The van der Waals surface area contributed by atoms with E-state index in [9.17, 15) is 4.79 Å². The number of hydrogen-bond donors (Lipinski definition) is 1. The van der Waals surface area contributed by atoms with E-state index >= 15 is 0 Å². The molecule has 0 aliphatic heterocycles. The van der Waals surface area contributed by atoms with Crippen LogP contribution in [-0.4, -0.2) is 33.0 Å². The van der Waals surface area contributed by atoms with Gasteiger partial charge in [-0.2, -0.15) is 4.68 Å². The zero-order valence-corrected chi connectivity index (χ0v) is 14.7. The van der Waals surface area contributed by atoms with Gasteiger partial charge in [-0.25, -0.2) is 4.98 Å². The average molecular weight is 359 g/mol. The van der Waals surface area contributed by atoms with E-state index < -0.39 is 0 Å². The van der Waals surface area contributed by atoms with Gasteiger partial charge in [-0.1, -0.05) is 17.3 Å². The van der Waals surface area contributed by atoms with Crippen LogP contribution in [0.2, 0.25) is 0 Å². The Morgan fingerprint density at radius 3 is 2.59 bits per heavy atom. The first-order chi connectivity index (χ1) is 13.2. The Morgan fingerprint density at radius 2 is 1.85 bits per heavy atom. The van der Waals surface area contributed by atoms with Crippen LogP contribution in [0.4, 0.5) is 0 Å². The van der Waals surface area contributed by atoms with Crippen molar-refractivity contribution < 1.29 is 9.53 Å². The summed E-state index contributed by atoms with van der Waals surface area (Å²) < 4.78 is 6.78. The molecule has 0 aliphatic carbocycles. The molecule has 27 heavy (non-hydrogen) atoms. The van der Waals surface area contributed by atoms with Crippen molar-refractivity contribution in [2.75, 3.05) is 7.11 Å². The van der Waals surface area contributed by atoms with Gasteiger partial charge in [0.25, 0.3) is 5.91 Å². The average Bonchev–Trinajstić information content (AvgIpc) is 3.16. The number of hydrogen-bond acceptors (Lipinski definition) is 5. The normalized spacial score (nSPS) is 10.7. The SMILES string of the molecule is COc1ccc(CNC(=O)c2ccc(-n3nnc4cccnc43)cc2)cc1. The van der Waals surface area contributed by atoms with Gasteiger partial charge >= 0.3 is 0 Å². The Balaban J connectivity index is 1.45. The molecule has 7 heteroatoms. The van der Waals surface area contributed by atoms with Gasteiger partial charge in [-0.15, -0.1) is 5.10 Å². The Bertz CT molecular complexity index is 1070. The summed E-state index contributed by atoms with van der Waals surface area (Å²) in [6.45, 7) is 0.447. The fourth-order valence-corrected chi connectivity index (χ4v) is 2.72. The monoisotopic (exact) mass is 359 g/mol. The van der Waals surface area contributed by atoms with Crippen molar-refractivity contribution in [3.05, 3.63) is 78.0 Å². The first kappa shape index (κ1) is 16.7. The number of ether oxygens (including phenoxy) is 1. The van der Waals surface area contributed by atoms with Crippen molar-refractivity contribution in [1.29, 1.82) is 0 Å². The smallest absolute Gasteiger partial charge is 0.251 e. The van der Waals surface area contributed by atoms with Crippen LogP contribution in [-0.2, 0) is 6.54 Å². The summed E-state index contributed by atoms with van der Waals surface area (Å²) in [5.74, 6) is 0.648. The molecule has 2 aromatic carbocycles. The summed E-state index contributed by atoms with van der Waals surface area (Å²) in [5, 5.41) is 11.1. The van der Waals surface area contributed by atoms with Crippen LogP contribution < -0.4 is 10.1 Å². The highest BCUT2D eigenvalue weighted by Crippen LogP contribution is 2.15. The van der Waals surface area contributed by atoms with Gasteiger partial charge in [-0.3, -0.25) is 4.79 Å². The van der Waals surface area contributed by atoms with E-state index in [1.807, 2.05) is 48.5 Å². The predicted octanol–water partition coefficient (Wildman–Crippen LogP) is 2.75. The summed E-state index contributed by atoms with van der Waals surface area (Å²) in [6.07, 6.45) is 1.70. The number of methoxy groups -OCH3 is 1. The lowest BCUT2D eigenvalue weighted by Crippen LogP contribution is -2.22. The molecule has 1 N–H and O–H groups in total. The number of amides is 1. The zero-order valence-electron chi connectivity index (χ0n) is 14.7. The lowest BCUT2D eigenvalue weighted by atomic mass is 10.1. The van der Waals surface area contributed by atoms with Gasteiger partial charge < -0.3 is 10.1 Å². The third-order valence-corrected chi connectivity index (χ3v) is 4.19. The largest absolute Gasteiger partial charge is 0.497 e. The maximum absolute atomic E-state index is 12.4. The van der Waals surface area contributed by atoms with Gasteiger partial charge in [0.05, 0.1) is 12.8 Å². The number of benzene rings is 2. The minimum Gasteiger partial charge on any atom is -0.497 e. The molecule has 4 rings (SSSR count). The van der Waals surface area contributed by atoms with Crippen LogP contribution in [0.5, 0.6) is 5.75 Å². The molecule has 0 saturated heterocycles. The van der Waals surface area contributed by atoms with E-state index in [0.29, 0.717) is 17.8 Å². The van der Waals surface area contributed by atoms with Crippen molar-refractivity contribution in [2.24, 2.45) is 0 Å². The molecule has 0 fully saturated rings. The van der Waals surface area contributed by atoms with Crippen LogP contribution in [0.15, 0.2) is 66.9 Å². The summed E-state index contributed by atoms with van der Waals surface area (Å²) >= 11 is 0. The number of nitrogens with one attached hydrogen (secondary N) is 1. The fraction of sp³-hybridized carbons (Fsp3) is 0.100. The van der Waals surface area contributed by atoms with Crippen molar-refractivity contribution in [3.63, 3.8) is 0 Å². The van der Waals surface area contributed by atoms with Crippen molar-refractivity contribution in [1.82, 2.24) is 25.3 Å². The van der Waals surface area contributed by atoms with Crippen LogP contribution in [0.1, 0.15) is 15.9 Å². The second kappa shape index (κ2) is 7.25. The van der Waals surface area contributed by atoms with Crippen molar-refractivity contribution in [3.8, 4) is 11.4 Å². The third kappa shape index (κ3) is 3.48. The maximum atomic E-state index is 12.4. The number of nitrogens with zero attached hydrogens (tertiary/aromatic N) is 4. The lowest BCUT2D eigenvalue weighted by Gasteiger charge is -2.07. The van der Waals surface area contributed by atoms with Gasteiger partial charge in [0, 0.05) is 18.3 Å². The standard InChI is InChI=1S/C20H17N5O2/c1-27-17-10-4-14(5-11-17)13-22-20(26)15-6-8-16(9-7-15)25-19-18(23-24-25)3-2-12-21-19/h2-12H,13H2,1H3,(H,22,26). The Labute approximate surface area is 155 Å². The molecule has 0 aliphatic rings. The third-order valence-electron chi connectivity index (χ3n) is 4.19. The van der Waals surface area contributed by atoms with Crippen LogP contribution in [0.25, 0.3) is 16.9 Å². The van der Waals surface area contributed by atoms with E-state index in [-0.39, 0.29) is 5.91 Å². The minimum atomic E-state index is -0.140. The molecular weight excluding hydrogens is 342 g/mol. The summed E-state index contributed by atoms with van der Waals surface area (Å²) in [4.78, 5) is 16.7. The predicted molar refractivity (Wildman–Crippen MR) is 101 cm³/mol. The number of pyridine rings is 1. The topological polar surface area (TPSA) is 81.9 Å². The van der Waals surface area contributed by atoms with Crippen LogP contribution >= 0.6 is 0 Å². The first-order valence-corrected chi connectivity index (χ1v) is 8.42. The molecule has 0 unspecified atom stereocenters. The highest BCUT2D eigenvalue weighted by atomic mass is 16.5. The molecule has 7 nitrogen and oxygen atoms in total. The first-order valence-electron chi connectivity index (χ1n) is 8.42. The highest BCUT2D eigenvalue weighted by molar-refractivity contribution is 5.94. The molecule has 0 radical (unpaired) electrons. The number of rotatable bonds is 5. The summed E-state index contributed by atoms with van der Waals surface area (Å²) in [5.41, 5.74) is 3.77. The summed E-state index contributed by atoms with van der Waals surface area (Å²) in [6, 6.07) is 18.4. The number of fused-ring (bicyclic) bond motifs is 1. The molecule has 1 amide bonds. The molecule has 0 atom stereocenters. The Kier molecular flexibility index (Phi) is 4.49. The molecule has 134 valence electrons. The molecule has 4 aromatic rings. The van der Waals surface area contributed by atoms with E-state index in [2.05, 4.69) is 20.6 Å². The lowest BCUT2D eigenvalue weighted by molar-refractivity contribution is 0.0951. The number of carbonyl (C=O) groups is 1. The van der Waals surface area contributed by atoms with Gasteiger partial charge in [-0.05, 0) is 54.1 Å². The van der Waals surface area contributed by atoms with Gasteiger partial charge in [0.1, 0.15) is 11.3 Å². The molecule has 2 heterocycles. The van der Waals surface area contributed by atoms with E-state index in [1.54, 1.807) is 30.1 Å². The van der Waals surface area contributed by atoms with Crippen molar-refractivity contribution >= 4 is 17.1 Å². The maximum Gasteiger partial charge on any atom is 0.251 e. The Morgan fingerprint density at radius 1 is 1.07 bits per heavy atom. The number of aromatic nitrogens is 4. The fourth-order valence-electron chi connectivity index (χ4n) is 2.72. The second-order valence-corrected chi connectivity index (χ2v) is 5.93. The minimum absolute atomic E-state index is 0.140. The summed E-state index contributed by atoms with van der Waals surface area (Å²) in [7, 11) is 1.62. The van der Waals surface area contributed by atoms with E-state index in [4.69, 9.17) is 4.74 Å². The molecule has 0 bridgehead atoms. The molecule has 0 saturated carbocycles. The van der Waals surface area contributed by atoms with Crippen LogP contribution in [0.3, 0.4) is 0 Å². The molecule has 0 spiro atoms. The van der Waals surface area contributed by atoms with E-state index in [0.717, 1.165) is 22.5 Å². The molecule has 2 aromatic heterocycles. The van der Waals surface area contributed by atoms with E-state index in [1.165, 1.54) is 0 Å². The van der Waals surface area contributed by atoms with Gasteiger partial charge in [0.2, 0.25) is 0 Å². The Hall–Kier alpha value is -3.74. The van der Waals surface area contributed by atoms with Crippen LogP contribution in [0, 0.1) is 0 Å². The molecular formula is C20H17N5O2. The van der Waals surface area contributed by atoms with Crippen molar-refractivity contribution in [2.45, 2.75) is 6.54 Å². The second-order valence-electron chi connectivity index (χ2n) is 5.93.